The number of thiophene rings is 1. The Morgan fingerprint density at radius 3 is 2.50 bits per heavy atom. The minimum absolute atomic E-state index is 0.135. The van der Waals surface area contributed by atoms with Crippen LogP contribution in [0.5, 0.6) is 0 Å². The summed E-state index contributed by atoms with van der Waals surface area (Å²) < 4.78 is 26.0. The molecule has 102 valence electrons. The highest BCUT2D eigenvalue weighted by molar-refractivity contribution is 7.91. The van der Waals surface area contributed by atoms with Crippen LogP contribution in [0.15, 0.2) is 16.3 Å². The molecule has 0 fully saturated rings. The van der Waals surface area contributed by atoms with Crippen molar-refractivity contribution in [3.05, 3.63) is 17.0 Å². The molecule has 0 aliphatic carbocycles. The molecule has 0 aliphatic rings. The lowest BCUT2D eigenvalue weighted by Gasteiger charge is -2.18. The van der Waals surface area contributed by atoms with Crippen LogP contribution in [0.4, 0.5) is 0 Å². The van der Waals surface area contributed by atoms with E-state index in [0.29, 0.717) is 6.54 Å². The molecule has 0 unspecified atom stereocenters. The van der Waals surface area contributed by atoms with E-state index >= 15 is 0 Å². The molecular weight excluding hydrogens is 272 g/mol. The number of likely N-dealkylation sites (N-methyl/N-ethyl adjacent to an activating group) is 2. The molecule has 1 N–H and O–H groups in total. The maximum atomic E-state index is 12.3. The summed E-state index contributed by atoms with van der Waals surface area (Å²) in [4.78, 5) is 12.4. The zero-order valence-corrected chi connectivity index (χ0v) is 12.4. The van der Waals surface area contributed by atoms with Gasteiger partial charge in [-0.2, -0.15) is 4.31 Å². The van der Waals surface area contributed by atoms with Gasteiger partial charge in [0.2, 0.25) is 5.91 Å². The molecule has 0 aromatic carbocycles. The van der Waals surface area contributed by atoms with Gasteiger partial charge in [0.15, 0.2) is 0 Å². The predicted molar refractivity (Wildman–Crippen MR) is 72.2 cm³/mol. The molecule has 0 radical (unpaired) electrons. The van der Waals surface area contributed by atoms with Crippen molar-refractivity contribution in [2.24, 2.45) is 0 Å². The van der Waals surface area contributed by atoms with E-state index in [9.17, 15) is 13.2 Å². The molecule has 1 amide bonds. The molecule has 18 heavy (non-hydrogen) atoms. The molecule has 0 atom stereocenters. The number of carbonyl (C=O) groups is 1. The smallest absolute Gasteiger partial charge is 0.253 e. The molecule has 5 nitrogen and oxygen atoms in total. The lowest BCUT2D eigenvalue weighted by atomic mass is 10.5. The minimum Gasteiger partial charge on any atom is -0.355 e. The standard InChI is InChI=1S/C11H18N2O3S2/c1-4-12-10(14)8-13(5-2)18(15,16)11-7-6-9(3)17-11/h6-7H,4-5,8H2,1-3H3,(H,12,14). The number of aryl methyl sites for hydroxylation is 1. The second-order valence-electron chi connectivity index (χ2n) is 3.75. The maximum absolute atomic E-state index is 12.3. The van der Waals surface area contributed by atoms with Crippen molar-refractivity contribution in [1.82, 2.24) is 9.62 Å². The first kappa shape index (κ1) is 15.1. The Labute approximate surface area is 112 Å². The van der Waals surface area contributed by atoms with Crippen molar-refractivity contribution in [2.45, 2.75) is 25.0 Å². The molecule has 7 heteroatoms. The number of hydrogen-bond acceptors (Lipinski definition) is 4. The quantitative estimate of drug-likeness (QED) is 0.856. The molecule has 1 aromatic rings. The monoisotopic (exact) mass is 290 g/mol. The van der Waals surface area contributed by atoms with E-state index in [-0.39, 0.29) is 23.2 Å². The average molecular weight is 290 g/mol. The van der Waals surface area contributed by atoms with E-state index in [4.69, 9.17) is 0 Å². The zero-order chi connectivity index (χ0) is 13.8. The molecule has 1 aromatic heterocycles. The highest BCUT2D eigenvalue weighted by Crippen LogP contribution is 2.23. The summed E-state index contributed by atoms with van der Waals surface area (Å²) in [6.45, 7) is 6.00. The number of nitrogens with zero attached hydrogens (tertiary/aromatic N) is 1. The number of sulfonamides is 1. The third-order valence-electron chi connectivity index (χ3n) is 2.36. The molecule has 0 bridgehead atoms. The second kappa shape index (κ2) is 6.31. The maximum Gasteiger partial charge on any atom is 0.253 e. The zero-order valence-electron chi connectivity index (χ0n) is 10.8. The Balaban J connectivity index is 2.90. The van der Waals surface area contributed by atoms with Gasteiger partial charge >= 0.3 is 0 Å². The van der Waals surface area contributed by atoms with Crippen LogP contribution in [-0.2, 0) is 14.8 Å². The summed E-state index contributed by atoms with van der Waals surface area (Å²) in [5.41, 5.74) is 0. The number of rotatable bonds is 6. The first-order chi connectivity index (χ1) is 8.41. The van der Waals surface area contributed by atoms with Crippen LogP contribution in [-0.4, -0.2) is 38.3 Å². The third-order valence-corrected chi connectivity index (χ3v) is 5.75. The van der Waals surface area contributed by atoms with Gasteiger partial charge in [0.05, 0.1) is 6.54 Å². The fourth-order valence-electron chi connectivity index (χ4n) is 1.46. The lowest BCUT2D eigenvalue weighted by molar-refractivity contribution is -0.121. The Kier molecular flexibility index (Phi) is 5.30. The average Bonchev–Trinajstić information content (AvgIpc) is 2.73. The second-order valence-corrected chi connectivity index (χ2v) is 7.20. The SMILES string of the molecule is CCNC(=O)CN(CC)S(=O)(=O)c1ccc(C)s1. The minimum atomic E-state index is -3.55. The van der Waals surface area contributed by atoms with Crippen LogP contribution >= 0.6 is 11.3 Å². The first-order valence-corrected chi connectivity index (χ1v) is 8.00. The summed E-state index contributed by atoms with van der Waals surface area (Å²) in [6, 6.07) is 3.34. The fourth-order valence-corrected chi connectivity index (χ4v) is 4.30. The molecule has 0 saturated heterocycles. The highest BCUT2D eigenvalue weighted by atomic mass is 32.2. The first-order valence-electron chi connectivity index (χ1n) is 5.75. The van der Waals surface area contributed by atoms with E-state index in [1.807, 2.05) is 6.92 Å². The van der Waals surface area contributed by atoms with E-state index in [2.05, 4.69) is 5.32 Å². The summed E-state index contributed by atoms with van der Waals surface area (Å²) in [7, 11) is -3.55. The van der Waals surface area contributed by atoms with Crippen molar-refractivity contribution in [1.29, 1.82) is 0 Å². The lowest BCUT2D eigenvalue weighted by Crippen LogP contribution is -2.40. The molecule has 1 rings (SSSR count). The van der Waals surface area contributed by atoms with Gasteiger partial charge in [0.1, 0.15) is 4.21 Å². The molecular formula is C11H18N2O3S2. The topological polar surface area (TPSA) is 66.5 Å². The fraction of sp³-hybridized carbons (Fsp3) is 0.545. The van der Waals surface area contributed by atoms with Gasteiger partial charge in [-0.3, -0.25) is 4.79 Å². The van der Waals surface area contributed by atoms with Crippen molar-refractivity contribution < 1.29 is 13.2 Å². The summed E-state index contributed by atoms with van der Waals surface area (Å²) in [5, 5.41) is 2.60. The van der Waals surface area contributed by atoms with E-state index in [1.54, 1.807) is 26.0 Å². The van der Waals surface area contributed by atoms with Crippen molar-refractivity contribution in [2.75, 3.05) is 19.6 Å². The Morgan fingerprint density at radius 2 is 2.06 bits per heavy atom. The van der Waals surface area contributed by atoms with Crippen molar-refractivity contribution in [3.63, 3.8) is 0 Å². The molecule has 0 spiro atoms. The van der Waals surface area contributed by atoms with Crippen LogP contribution in [0.25, 0.3) is 0 Å². The van der Waals surface area contributed by atoms with Crippen molar-refractivity contribution in [3.8, 4) is 0 Å². The van der Waals surface area contributed by atoms with E-state index in [0.717, 1.165) is 4.88 Å². The molecule has 0 aliphatic heterocycles. The van der Waals surface area contributed by atoms with Gasteiger partial charge in [-0.05, 0) is 26.0 Å². The van der Waals surface area contributed by atoms with Crippen LogP contribution < -0.4 is 5.32 Å². The van der Waals surface area contributed by atoms with E-state index < -0.39 is 10.0 Å². The number of carbonyl (C=O) groups excluding carboxylic acids is 1. The van der Waals surface area contributed by atoms with Crippen LogP contribution in [0.2, 0.25) is 0 Å². The van der Waals surface area contributed by atoms with Crippen molar-refractivity contribution >= 4 is 27.3 Å². The normalized spacial score (nSPS) is 11.8. The van der Waals surface area contributed by atoms with Gasteiger partial charge in [0.25, 0.3) is 10.0 Å². The van der Waals surface area contributed by atoms with Crippen LogP contribution in [0.1, 0.15) is 18.7 Å². The number of amides is 1. The number of nitrogens with one attached hydrogen (secondary N) is 1. The number of hydrogen-bond donors (Lipinski definition) is 1. The molecule has 1 heterocycles. The van der Waals surface area contributed by atoms with Gasteiger partial charge in [-0.15, -0.1) is 11.3 Å². The Hall–Kier alpha value is -0.920. The summed E-state index contributed by atoms with van der Waals surface area (Å²) in [5.74, 6) is -0.281. The summed E-state index contributed by atoms with van der Waals surface area (Å²) in [6.07, 6.45) is 0. The highest BCUT2D eigenvalue weighted by Gasteiger charge is 2.26. The predicted octanol–water partition coefficient (Wildman–Crippen LogP) is 1.20. The van der Waals surface area contributed by atoms with Gasteiger partial charge in [0, 0.05) is 18.0 Å². The van der Waals surface area contributed by atoms with Gasteiger partial charge in [-0.25, -0.2) is 8.42 Å². The third kappa shape index (κ3) is 3.54. The van der Waals surface area contributed by atoms with Gasteiger partial charge in [-0.1, -0.05) is 6.92 Å². The molecule has 0 saturated carbocycles. The van der Waals surface area contributed by atoms with E-state index in [1.165, 1.54) is 15.6 Å². The Bertz CT molecular complexity index is 508. The van der Waals surface area contributed by atoms with Crippen LogP contribution in [0.3, 0.4) is 0 Å². The van der Waals surface area contributed by atoms with Gasteiger partial charge < -0.3 is 5.32 Å². The summed E-state index contributed by atoms with van der Waals surface area (Å²) >= 11 is 1.22. The Morgan fingerprint density at radius 1 is 1.39 bits per heavy atom. The van der Waals surface area contributed by atoms with Crippen LogP contribution in [0, 0.1) is 6.92 Å². The largest absolute Gasteiger partial charge is 0.355 e.